The average Bonchev–Trinajstić information content (AvgIpc) is 3.98. The number of pyridine rings is 1. The van der Waals surface area contributed by atoms with E-state index in [0.717, 1.165) is 72.4 Å². The van der Waals surface area contributed by atoms with E-state index < -0.39 is 40.0 Å². The summed E-state index contributed by atoms with van der Waals surface area (Å²) >= 11 is 0. The number of ether oxygens (including phenoxy) is 3. The first-order valence-electron chi connectivity index (χ1n) is 23.0. The Balaban J connectivity index is 1.24. The molecule has 3 N–H and O–H groups in total. The lowest BCUT2D eigenvalue weighted by Crippen LogP contribution is -2.81. The molecular formula is C51H60N6O7. The number of benzene rings is 2. The van der Waals surface area contributed by atoms with Gasteiger partial charge in [0.2, 0.25) is 0 Å². The largest absolute Gasteiger partial charge is 0.496 e. The van der Waals surface area contributed by atoms with Crippen LogP contribution in [0.25, 0.3) is 10.9 Å². The average molecular weight is 869 g/mol. The molecule has 336 valence electrons. The number of esters is 2. The number of aromatic nitrogens is 2. The van der Waals surface area contributed by atoms with Gasteiger partial charge < -0.3 is 34.5 Å². The van der Waals surface area contributed by atoms with Crippen LogP contribution in [0.15, 0.2) is 84.7 Å². The summed E-state index contributed by atoms with van der Waals surface area (Å²) in [5, 5.41) is 18.1. The minimum Gasteiger partial charge on any atom is -0.496 e. The number of anilines is 1. The molecule has 13 nitrogen and oxygen atoms in total. The minimum absolute atomic E-state index is 0.0261. The molecule has 1 spiro atoms. The van der Waals surface area contributed by atoms with Gasteiger partial charge in [0.1, 0.15) is 22.9 Å². The molecule has 2 fully saturated rings. The highest BCUT2D eigenvalue weighted by molar-refractivity contribution is 5.95. The molecule has 0 radical (unpaired) electrons. The Hall–Kier alpha value is -5.50. The van der Waals surface area contributed by atoms with Crippen molar-refractivity contribution in [2.24, 2.45) is 11.3 Å². The molecule has 2 aromatic carbocycles. The zero-order chi connectivity index (χ0) is 44.8. The monoisotopic (exact) mass is 868 g/mol. The molecule has 9 atom stereocenters. The molecule has 10 rings (SSSR count). The summed E-state index contributed by atoms with van der Waals surface area (Å²) in [6.45, 7) is 9.47. The number of carbonyl (C=O) groups is 3. The number of aliphatic hydroxyl groups is 1. The SMILES string of the molecule is CCC1=C[C@H]2CN(CCc3c([nH]c4ccccc34)[C@@](C(=O)OC)(c3cc4c(cc3OC)N(C)[C@H]3[C@@](O)(CNC(=O)c5ccncc5)[C@H](OC(C)=O)[C@]5(CC)C=CCN6CC[C@]43[C@@H]65)C2)C1. The van der Waals surface area contributed by atoms with Gasteiger partial charge in [0.15, 0.2) is 0 Å². The van der Waals surface area contributed by atoms with Gasteiger partial charge in [-0.15, -0.1) is 0 Å². The number of rotatable bonds is 9. The third-order valence-corrected chi connectivity index (χ3v) is 16.1. The quantitative estimate of drug-likeness (QED) is 0.146. The number of fused-ring (bicyclic) bond motifs is 6. The van der Waals surface area contributed by atoms with E-state index in [0.29, 0.717) is 42.7 Å². The van der Waals surface area contributed by atoms with E-state index in [-0.39, 0.29) is 30.4 Å². The second-order valence-corrected chi connectivity index (χ2v) is 19.1. The summed E-state index contributed by atoms with van der Waals surface area (Å²) in [6, 6.07) is 14.9. The summed E-state index contributed by atoms with van der Waals surface area (Å²) in [5.74, 6) is -0.684. The van der Waals surface area contributed by atoms with E-state index in [4.69, 9.17) is 14.2 Å². The molecule has 7 heterocycles. The van der Waals surface area contributed by atoms with E-state index in [2.05, 4.69) is 86.3 Å². The fourth-order valence-electron chi connectivity index (χ4n) is 13.8. The highest BCUT2D eigenvalue weighted by atomic mass is 16.6. The van der Waals surface area contributed by atoms with Gasteiger partial charge in [-0.1, -0.05) is 55.8 Å². The van der Waals surface area contributed by atoms with E-state index >= 15 is 4.79 Å². The number of methoxy groups -OCH3 is 2. The Morgan fingerprint density at radius 2 is 1.83 bits per heavy atom. The lowest BCUT2D eigenvalue weighted by molar-refractivity contribution is -0.216. The number of para-hydroxylation sites is 1. The van der Waals surface area contributed by atoms with Crippen LogP contribution in [0.3, 0.4) is 0 Å². The van der Waals surface area contributed by atoms with Crippen LogP contribution in [0.4, 0.5) is 5.69 Å². The van der Waals surface area contributed by atoms with Crippen molar-refractivity contribution in [3.05, 3.63) is 113 Å². The van der Waals surface area contributed by atoms with Crippen LogP contribution in [0, 0.1) is 11.3 Å². The van der Waals surface area contributed by atoms with Crippen LogP contribution in [0.1, 0.15) is 79.2 Å². The number of nitrogens with one attached hydrogen (secondary N) is 2. The highest BCUT2D eigenvalue weighted by Gasteiger charge is 2.78. The topological polar surface area (TPSA) is 150 Å². The fraction of sp³-hybridized carbons (Fsp3) is 0.490. The maximum atomic E-state index is 15.4. The standard InChI is InChI=1S/C51H60N6O7/c1-7-32-24-33-27-50(47(60)63-6,42-36(16-22-56(28-32)29-33)35-12-9-10-13-39(35)54-42)38-25-37-40(26-41(38)62-5)55(4)45-49(37)18-23-57-21-11-17-48(8-2,44(49)57)46(64-31(3)58)51(45,61)30-53-43(59)34-14-19-52-20-15-34/h9-15,17,19-20,24-26,33,44-46,54,61H,7-8,16,18,21-23,27-30H2,1-6H3,(H,53,59)/t33-,44+,45-,46-,48-,49-,50+,51+/m1/s1. The molecule has 6 aliphatic rings. The zero-order valence-electron chi connectivity index (χ0n) is 37.8. The first kappa shape index (κ1) is 42.5. The lowest BCUT2D eigenvalue weighted by atomic mass is 9.47. The number of hydrogen-bond donors (Lipinski definition) is 3. The Labute approximate surface area is 374 Å². The third-order valence-electron chi connectivity index (χ3n) is 16.1. The van der Waals surface area contributed by atoms with E-state index in [1.807, 2.05) is 19.2 Å². The third kappa shape index (κ3) is 5.92. The van der Waals surface area contributed by atoms with Crippen molar-refractivity contribution >= 4 is 34.4 Å². The molecule has 1 saturated heterocycles. The number of carbonyl (C=O) groups excluding carboxylic acids is 3. The molecule has 13 heteroatoms. The van der Waals surface area contributed by atoms with Gasteiger partial charge in [-0.25, -0.2) is 0 Å². The minimum atomic E-state index is -1.81. The van der Waals surface area contributed by atoms with Gasteiger partial charge in [-0.3, -0.25) is 29.2 Å². The molecule has 1 saturated carbocycles. The molecule has 2 bridgehead atoms. The summed E-state index contributed by atoms with van der Waals surface area (Å²) in [7, 11) is 5.12. The Bertz CT molecular complexity index is 2590. The van der Waals surface area contributed by atoms with Crippen molar-refractivity contribution in [2.75, 3.05) is 65.4 Å². The van der Waals surface area contributed by atoms with Gasteiger partial charge in [0.25, 0.3) is 5.91 Å². The Morgan fingerprint density at radius 1 is 1.03 bits per heavy atom. The maximum Gasteiger partial charge on any atom is 0.322 e. The maximum absolute atomic E-state index is 15.4. The first-order valence-corrected chi connectivity index (χ1v) is 23.0. The molecule has 4 aromatic rings. The summed E-state index contributed by atoms with van der Waals surface area (Å²) < 4.78 is 18.9. The van der Waals surface area contributed by atoms with Gasteiger partial charge >= 0.3 is 11.9 Å². The number of aromatic amines is 1. The van der Waals surface area contributed by atoms with Crippen LogP contribution in [0.5, 0.6) is 5.75 Å². The molecule has 1 aliphatic carbocycles. The number of amides is 1. The van der Waals surface area contributed by atoms with Crippen LogP contribution in [-0.2, 0) is 36.3 Å². The summed E-state index contributed by atoms with van der Waals surface area (Å²) in [4.78, 5) is 57.6. The van der Waals surface area contributed by atoms with E-state index in [1.165, 1.54) is 19.6 Å². The predicted molar refractivity (Wildman–Crippen MR) is 243 cm³/mol. The molecule has 5 aliphatic heterocycles. The van der Waals surface area contributed by atoms with Gasteiger partial charge in [0, 0.05) is 109 Å². The normalized spacial score (nSPS) is 32.5. The number of nitrogens with zero attached hydrogens (tertiary/aromatic N) is 4. The Kier molecular flexibility index (Phi) is 10.3. The highest BCUT2D eigenvalue weighted by Crippen LogP contribution is 2.68. The second-order valence-electron chi connectivity index (χ2n) is 19.1. The van der Waals surface area contributed by atoms with Crippen molar-refractivity contribution in [1.29, 1.82) is 0 Å². The van der Waals surface area contributed by atoms with Crippen molar-refractivity contribution in [3.63, 3.8) is 0 Å². The molecular weight excluding hydrogens is 809 g/mol. The Morgan fingerprint density at radius 3 is 2.56 bits per heavy atom. The number of H-pyrrole nitrogens is 1. The smallest absolute Gasteiger partial charge is 0.322 e. The molecule has 2 aromatic heterocycles. The molecule has 1 amide bonds. The number of hydrogen-bond acceptors (Lipinski definition) is 11. The van der Waals surface area contributed by atoms with Crippen molar-refractivity contribution in [2.45, 2.75) is 87.5 Å². The van der Waals surface area contributed by atoms with Gasteiger partial charge in [0.05, 0.1) is 26.8 Å². The number of likely N-dealkylation sites (N-methyl/N-ethyl adjacent to an activating group) is 1. The van der Waals surface area contributed by atoms with Crippen LogP contribution in [0.2, 0.25) is 0 Å². The summed E-state index contributed by atoms with van der Waals surface area (Å²) in [6.07, 6.45) is 12.1. The van der Waals surface area contributed by atoms with Gasteiger partial charge in [-0.05, 0) is 80.0 Å². The van der Waals surface area contributed by atoms with E-state index in [9.17, 15) is 14.7 Å². The van der Waals surface area contributed by atoms with Crippen LogP contribution < -0.4 is 15.0 Å². The van der Waals surface area contributed by atoms with Crippen LogP contribution >= 0.6 is 0 Å². The van der Waals surface area contributed by atoms with Crippen molar-refractivity contribution in [3.8, 4) is 5.75 Å². The van der Waals surface area contributed by atoms with E-state index in [1.54, 1.807) is 31.6 Å². The van der Waals surface area contributed by atoms with Crippen LogP contribution in [-0.4, -0.2) is 127 Å². The van der Waals surface area contributed by atoms with Crippen molar-refractivity contribution < 1.29 is 33.7 Å². The zero-order valence-corrected chi connectivity index (χ0v) is 37.8. The second kappa shape index (κ2) is 15.6. The van der Waals surface area contributed by atoms with Crippen molar-refractivity contribution in [1.82, 2.24) is 25.1 Å². The summed E-state index contributed by atoms with van der Waals surface area (Å²) in [5.41, 5.74) is 2.43. The lowest BCUT2D eigenvalue weighted by Gasteiger charge is -2.64. The predicted octanol–water partition coefficient (Wildman–Crippen LogP) is 5.45. The molecule has 64 heavy (non-hydrogen) atoms. The van der Waals surface area contributed by atoms with Gasteiger partial charge in [-0.2, -0.15) is 0 Å². The fourth-order valence-corrected chi connectivity index (χ4v) is 13.8. The first-order chi connectivity index (χ1) is 30.9. The molecule has 1 unspecified atom stereocenters.